The second-order valence-corrected chi connectivity index (χ2v) is 9.80. The number of anilines is 1. The standard InChI is InChI=1S/C28H31ClN6O/c1-3-9-20(2)25-31-26(24-19-30-35(27(24)32-25)23-12-5-4-6-13-23)33-14-8-15-34(17-16-33)28(36)21-10-7-11-22(29)18-21/h4-7,10-13,18-20H,3,8-9,14-17H2,1-2H3. The van der Waals surface area contributed by atoms with Gasteiger partial charge in [-0.3, -0.25) is 4.79 Å². The highest BCUT2D eigenvalue weighted by Gasteiger charge is 2.25. The number of benzene rings is 2. The van der Waals surface area contributed by atoms with Crippen LogP contribution >= 0.6 is 11.6 Å². The molecule has 1 saturated heterocycles. The second kappa shape index (κ2) is 10.7. The van der Waals surface area contributed by atoms with E-state index in [0.717, 1.165) is 54.2 Å². The van der Waals surface area contributed by atoms with Crippen molar-refractivity contribution in [3.05, 3.63) is 77.2 Å². The van der Waals surface area contributed by atoms with E-state index in [1.54, 1.807) is 12.1 Å². The summed E-state index contributed by atoms with van der Waals surface area (Å²) in [6, 6.07) is 17.2. The minimum atomic E-state index is 0.0151. The molecule has 5 rings (SSSR count). The van der Waals surface area contributed by atoms with E-state index in [9.17, 15) is 4.79 Å². The van der Waals surface area contributed by atoms with Crippen molar-refractivity contribution in [2.24, 2.45) is 0 Å². The van der Waals surface area contributed by atoms with Gasteiger partial charge in [-0.25, -0.2) is 14.6 Å². The first kappa shape index (κ1) is 24.3. The van der Waals surface area contributed by atoms with E-state index in [2.05, 4.69) is 18.7 Å². The zero-order chi connectivity index (χ0) is 25.1. The van der Waals surface area contributed by atoms with Gasteiger partial charge in [0.25, 0.3) is 5.91 Å². The summed E-state index contributed by atoms with van der Waals surface area (Å²) < 4.78 is 1.90. The van der Waals surface area contributed by atoms with Crippen molar-refractivity contribution in [1.29, 1.82) is 0 Å². The normalized spacial score (nSPS) is 15.2. The molecule has 4 aromatic rings. The molecule has 2 aromatic carbocycles. The fourth-order valence-corrected chi connectivity index (χ4v) is 5.02. The lowest BCUT2D eigenvalue weighted by atomic mass is 10.1. The first-order chi connectivity index (χ1) is 17.5. The lowest BCUT2D eigenvalue weighted by Gasteiger charge is -2.24. The number of fused-ring (bicyclic) bond motifs is 1. The van der Waals surface area contributed by atoms with Crippen LogP contribution in [0.25, 0.3) is 16.7 Å². The zero-order valence-corrected chi connectivity index (χ0v) is 21.5. The van der Waals surface area contributed by atoms with Crippen LogP contribution in [0.4, 0.5) is 5.82 Å². The Balaban J connectivity index is 1.48. The van der Waals surface area contributed by atoms with E-state index < -0.39 is 0 Å². The number of carbonyl (C=O) groups is 1. The van der Waals surface area contributed by atoms with Crippen LogP contribution in [0.15, 0.2) is 60.8 Å². The smallest absolute Gasteiger partial charge is 0.253 e. The van der Waals surface area contributed by atoms with Gasteiger partial charge in [0.05, 0.1) is 17.3 Å². The molecule has 1 atom stereocenters. The third kappa shape index (κ3) is 4.93. The number of nitrogens with zero attached hydrogens (tertiary/aromatic N) is 6. The number of aromatic nitrogens is 4. The molecule has 1 amide bonds. The molecule has 1 aliphatic rings. The molecule has 0 N–H and O–H groups in total. The molecule has 1 fully saturated rings. The number of carbonyl (C=O) groups excluding carboxylic acids is 1. The van der Waals surface area contributed by atoms with E-state index in [4.69, 9.17) is 26.7 Å². The SMILES string of the molecule is CCCC(C)c1nc(N2CCCN(C(=O)c3cccc(Cl)c3)CC2)c2cnn(-c3ccccc3)c2n1. The van der Waals surface area contributed by atoms with Crippen molar-refractivity contribution in [2.75, 3.05) is 31.1 Å². The Labute approximate surface area is 216 Å². The van der Waals surface area contributed by atoms with E-state index in [-0.39, 0.29) is 11.8 Å². The largest absolute Gasteiger partial charge is 0.354 e. The second-order valence-electron chi connectivity index (χ2n) is 9.37. The number of halogens is 1. The summed E-state index contributed by atoms with van der Waals surface area (Å²) >= 11 is 6.13. The predicted octanol–water partition coefficient (Wildman–Crippen LogP) is 5.73. The van der Waals surface area contributed by atoms with Crippen LogP contribution in [-0.4, -0.2) is 56.7 Å². The van der Waals surface area contributed by atoms with Gasteiger partial charge < -0.3 is 9.80 Å². The molecule has 8 heteroatoms. The number of hydrogen-bond donors (Lipinski definition) is 0. The lowest BCUT2D eigenvalue weighted by Crippen LogP contribution is -2.35. The Hall–Kier alpha value is -3.45. The van der Waals surface area contributed by atoms with E-state index in [0.29, 0.717) is 30.2 Å². The Morgan fingerprint density at radius 3 is 2.64 bits per heavy atom. The maximum Gasteiger partial charge on any atom is 0.253 e. The predicted molar refractivity (Wildman–Crippen MR) is 144 cm³/mol. The van der Waals surface area contributed by atoms with E-state index in [1.807, 2.05) is 58.2 Å². The molecule has 0 bridgehead atoms. The Kier molecular flexibility index (Phi) is 7.18. The third-order valence-corrected chi connectivity index (χ3v) is 6.98. The van der Waals surface area contributed by atoms with Gasteiger partial charge in [-0.05, 0) is 43.2 Å². The molecule has 3 heterocycles. The first-order valence-corrected chi connectivity index (χ1v) is 13.0. The Morgan fingerprint density at radius 1 is 1.03 bits per heavy atom. The maximum absolute atomic E-state index is 13.1. The first-order valence-electron chi connectivity index (χ1n) is 12.7. The topological polar surface area (TPSA) is 67.2 Å². The molecule has 0 aliphatic carbocycles. The van der Waals surface area contributed by atoms with Crippen LogP contribution < -0.4 is 4.90 Å². The summed E-state index contributed by atoms with van der Waals surface area (Å²) in [5.74, 6) is 2.00. The molecule has 1 unspecified atom stereocenters. The summed E-state index contributed by atoms with van der Waals surface area (Å²) in [5, 5.41) is 6.20. The van der Waals surface area contributed by atoms with E-state index in [1.165, 1.54) is 0 Å². The fourth-order valence-electron chi connectivity index (χ4n) is 4.83. The maximum atomic E-state index is 13.1. The summed E-state index contributed by atoms with van der Waals surface area (Å²) in [4.78, 5) is 27.4. The van der Waals surface area contributed by atoms with Gasteiger partial charge in [-0.2, -0.15) is 5.10 Å². The lowest BCUT2D eigenvalue weighted by molar-refractivity contribution is 0.0767. The zero-order valence-electron chi connectivity index (χ0n) is 20.8. The highest BCUT2D eigenvalue weighted by atomic mass is 35.5. The van der Waals surface area contributed by atoms with Gasteiger partial charge in [0.2, 0.25) is 0 Å². The summed E-state index contributed by atoms with van der Waals surface area (Å²) in [6.45, 7) is 7.18. The van der Waals surface area contributed by atoms with Gasteiger partial charge in [-0.1, -0.05) is 56.1 Å². The number of amides is 1. The molecular weight excluding hydrogens is 472 g/mol. The van der Waals surface area contributed by atoms with Crippen LogP contribution in [0.1, 0.15) is 55.2 Å². The molecule has 36 heavy (non-hydrogen) atoms. The van der Waals surface area contributed by atoms with Gasteiger partial charge in [-0.15, -0.1) is 0 Å². The summed E-state index contributed by atoms with van der Waals surface area (Å²) in [7, 11) is 0. The monoisotopic (exact) mass is 502 g/mol. The van der Waals surface area contributed by atoms with Crippen molar-refractivity contribution in [1.82, 2.24) is 24.6 Å². The average molecular weight is 503 g/mol. The molecule has 0 spiro atoms. The van der Waals surface area contributed by atoms with Gasteiger partial charge in [0, 0.05) is 42.7 Å². The van der Waals surface area contributed by atoms with Crippen molar-refractivity contribution in [2.45, 2.75) is 39.0 Å². The minimum Gasteiger partial charge on any atom is -0.354 e. The molecule has 1 aliphatic heterocycles. The number of para-hydroxylation sites is 1. The van der Waals surface area contributed by atoms with Crippen LogP contribution in [0.2, 0.25) is 5.02 Å². The molecule has 0 saturated carbocycles. The van der Waals surface area contributed by atoms with Crippen LogP contribution in [0, 0.1) is 0 Å². The number of hydrogen-bond acceptors (Lipinski definition) is 5. The summed E-state index contributed by atoms with van der Waals surface area (Å²) in [6.07, 6.45) is 4.81. The van der Waals surface area contributed by atoms with Crippen LogP contribution in [-0.2, 0) is 0 Å². The quantitative estimate of drug-likeness (QED) is 0.337. The highest BCUT2D eigenvalue weighted by Crippen LogP contribution is 2.30. The summed E-state index contributed by atoms with van der Waals surface area (Å²) in [5.41, 5.74) is 2.42. The molecule has 2 aromatic heterocycles. The highest BCUT2D eigenvalue weighted by molar-refractivity contribution is 6.30. The van der Waals surface area contributed by atoms with Crippen LogP contribution in [0.3, 0.4) is 0 Å². The van der Waals surface area contributed by atoms with Gasteiger partial charge in [0.15, 0.2) is 5.65 Å². The minimum absolute atomic E-state index is 0.0151. The van der Waals surface area contributed by atoms with Crippen molar-refractivity contribution in [3.8, 4) is 5.69 Å². The van der Waals surface area contributed by atoms with Crippen molar-refractivity contribution >= 4 is 34.4 Å². The molecule has 7 nitrogen and oxygen atoms in total. The molecule has 0 radical (unpaired) electrons. The van der Waals surface area contributed by atoms with Crippen LogP contribution in [0.5, 0.6) is 0 Å². The number of rotatable bonds is 6. The van der Waals surface area contributed by atoms with Gasteiger partial charge >= 0.3 is 0 Å². The molecular formula is C28H31ClN6O. The van der Waals surface area contributed by atoms with Crippen molar-refractivity contribution < 1.29 is 4.79 Å². The average Bonchev–Trinajstić information content (AvgIpc) is 3.18. The Morgan fingerprint density at radius 2 is 1.86 bits per heavy atom. The fraction of sp³-hybridized carbons (Fsp3) is 0.357. The van der Waals surface area contributed by atoms with E-state index >= 15 is 0 Å². The third-order valence-electron chi connectivity index (χ3n) is 6.74. The van der Waals surface area contributed by atoms with Gasteiger partial charge in [0.1, 0.15) is 11.6 Å². The molecule has 186 valence electrons. The van der Waals surface area contributed by atoms with Crippen molar-refractivity contribution in [3.63, 3.8) is 0 Å². The Bertz CT molecular complexity index is 1350.